The molecule has 1 rings (SSSR count). The van der Waals surface area contributed by atoms with Crippen LogP contribution in [0.15, 0.2) is 43.0 Å². The van der Waals surface area contributed by atoms with Crippen LogP contribution in [0.1, 0.15) is 12.5 Å². The summed E-state index contributed by atoms with van der Waals surface area (Å²) in [6.45, 7) is 5.62. The van der Waals surface area contributed by atoms with Crippen LogP contribution in [0.2, 0.25) is 0 Å². The molecule has 0 amide bonds. The van der Waals surface area contributed by atoms with Gasteiger partial charge in [-0.25, -0.2) is 0 Å². The van der Waals surface area contributed by atoms with Gasteiger partial charge in [-0.05, 0) is 12.5 Å². The third-order valence-electron chi connectivity index (χ3n) is 1.81. The highest BCUT2D eigenvalue weighted by Crippen LogP contribution is 2.24. The predicted molar refractivity (Wildman–Crippen MR) is 70.4 cm³/mol. The number of hydrogen-bond acceptors (Lipinski definition) is 3. The van der Waals surface area contributed by atoms with Gasteiger partial charge < -0.3 is 0 Å². The minimum Gasteiger partial charge on any atom is -0.274 e. The third kappa shape index (κ3) is 5.09. The van der Waals surface area contributed by atoms with Crippen LogP contribution in [-0.4, -0.2) is 9.70 Å². The zero-order chi connectivity index (χ0) is 11.1. The van der Waals surface area contributed by atoms with Crippen LogP contribution >= 0.6 is 23.5 Å². The first-order chi connectivity index (χ1) is 7.22. The molecular formula is C12H14OS2. The molecule has 1 atom stereocenters. The molecule has 0 saturated heterocycles. The van der Waals surface area contributed by atoms with Gasteiger partial charge in [0.25, 0.3) is 0 Å². The van der Waals surface area contributed by atoms with Crippen LogP contribution in [0, 0.1) is 0 Å². The van der Waals surface area contributed by atoms with E-state index in [-0.39, 0.29) is 9.70 Å². The SMILES string of the molecule is C=CC(C)SC(=O)SCc1ccccc1. The molecule has 1 unspecified atom stereocenters. The molecule has 3 heteroatoms. The van der Waals surface area contributed by atoms with E-state index in [9.17, 15) is 4.79 Å². The normalized spacial score (nSPS) is 12.1. The highest BCUT2D eigenvalue weighted by atomic mass is 32.2. The smallest absolute Gasteiger partial charge is 0.246 e. The van der Waals surface area contributed by atoms with E-state index in [1.165, 1.54) is 29.1 Å². The van der Waals surface area contributed by atoms with Crippen LogP contribution in [0.5, 0.6) is 0 Å². The Morgan fingerprint density at radius 3 is 2.73 bits per heavy atom. The molecule has 1 nitrogen and oxygen atoms in total. The summed E-state index contributed by atoms with van der Waals surface area (Å²) < 4.78 is 0.159. The van der Waals surface area contributed by atoms with Gasteiger partial charge >= 0.3 is 0 Å². The van der Waals surface area contributed by atoms with Gasteiger partial charge in [-0.1, -0.05) is 59.9 Å². The molecule has 80 valence electrons. The summed E-state index contributed by atoms with van der Waals surface area (Å²) in [5.74, 6) is 0.747. The van der Waals surface area contributed by atoms with Crippen LogP contribution in [-0.2, 0) is 5.75 Å². The highest BCUT2D eigenvalue weighted by molar-refractivity contribution is 8.38. The lowest BCUT2D eigenvalue weighted by molar-refractivity contribution is 0.276. The van der Waals surface area contributed by atoms with Crippen LogP contribution in [0.3, 0.4) is 0 Å². The molecule has 0 bridgehead atoms. The van der Waals surface area contributed by atoms with Gasteiger partial charge in [0.2, 0.25) is 4.45 Å². The molecule has 0 aliphatic heterocycles. The molecular weight excluding hydrogens is 224 g/mol. The van der Waals surface area contributed by atoms with Crippen molar-refractivity contribution in [3.63, 3.8) is 0 Å². The van der Waals surface area contributed by atoms with Crippen LogP contribution < -0.4 is 0 Å². The second-order valence-corrected chi connectivity index (χ2v) is 5.64. The van der Waals surface area contributed by atoms with E-state index >= 15 is 0 Å². The summed E-state index contributed by atoms with van der Waals surface area (Å²) in [7, 11) is 0. The Bertz CT molecular complexity index is 322. The Hall–Kier alpha value is -0.670. The van der Waals surface area contributed by atoms with E-state index in [4.69, 9.17) is 0 Å². The van der Waals surface area contributed by atoms with E-state index in [1.807, 2.05) is 37.3 Å². The maximum Gasteiger partial charge on any atom is 0.246 e. The lowest BCUT2D eigenvalue weighted by atomic mass is 10.2. The number of carbonyl (C=O) groups excluding carboxylic acids is 1. The fourth-order valence-electron chi connectivity index (χ4n) is 0.950. The van der Waals surface area contributed by atoms with E-state index in [0.29, 0.717) is 0 Å². The Morgan fingerprint density at radius 1 is 1.47 bits per heavy atom. The topological polar surface area (TPSA) is 17.1 Å². The standard InChI is InChI=1S/C12H14OS2/c1-3-10(2)15-12(13)14-9-11-7-5-4-6-8-11/h3-8,10H,1,9H2,2H3. The van der Waals surface area contributed by atoms with Crippen molar-refractivity contribution < 1.29 is 4.79 Å². The van der Waals surface area contributed by atoms with Gasteiger partial charge in [0.1, 0.15) is 0 Å². The fourth-order valence-corrected chi connectivity index (χ4v) is 2.73. The number of carbonyl (C=O) groups is 1. The maximum atomic E-state index is 11.5. The maximum absolute atomic E-state index is 11.5. The van der Waals surface area contributed by atoms with Gasteiger partial charge in [-0.15, -0.1) is 6.58 Å². The number of rotatable bonds is 4. The Morgan fingerprint density at radius 2 is 2.13 bits per heavy atom. The average molecular weight is 238 g/mol. The summed E-state index contributed by atoms with van der Waals surface area (Å²) in [6, 6.07) is 10.0. The second kappa shape index (κ2) is 6.75. The Kier molecular flexibility index (Phi) is 5.58. The Labute approximate surface area is 99.3 Å². The summed E-state index contributed by atoms with van der Waals surface area (Å²) in [5.41, 5.74) is 1.18. The van der Waals surface area contributed by atoms with Crippen molar-refractivity contribution in [1.82, 2.24) is 0 Å². The molecule has 1 aromatic carbocycles. The molecule has 15 heavy (non-hydrogen) atoms. The summed E-state index contributed by atoms with van der Waals surface area (Å²) in [4.78, 5) is 11.5. The fraction of sp³-hybridized carbons (Fsp3) is 0.250. The van der Waals surface area contributed by atoms with Crippen molar-refractivity contribution in [2.45, 2.75) is 17.9 Å². The first-order valence-corrected chi connectivity index (χ1v) is 6.59. The predicted octanol–water partition coefficient (Wildman–Crippen LogP) is 4.35. The van der Waals surface area contributed by atoms with Crippen molar-refractivity contribution >= 4 is 28.0 Å². The number of benzene rings is 1. The minimum absolute atomic E-state index is 0.159. The monoisotopic (exact) mass is 238 g/mol. The van der Waals surface area contributed by atoms with Crippen molar-refractivity contribution in [1.29, 1.82) is 0 Å². The van der Waals surface area contributed by atoms with Gasteiger partial charge in [-0.3, -0.25) is 4.79 Å². The molecule has 0 aliphatic rings. The summed E-state index contributed by atoms with van der Waals surface area (Å²) >= 11 is 2.67. The van der Waals surface area contributed by atoms with E-state index in [0.717, 1.165) is 5.75 Å². The largest absolute Gasteiger partial charge is 0.274 e. The van der Waals surface area contributed by atoms with Gasteiger partial charge in [0.15, 0.2) is 0 Å². The molecule has 0 spiro atoms. The number of hydrogen-bond donors (Lipinski definition) is 0. The first-order valence-electron chi connectivity index (χ1n) is 4.72. The molecule has 0 N–H and O–H groups in total. The van der Waals surface area contributed by atoms with Gasteiger partial charge in [0.05, 0.1) is 0 Å². The van der Waals surface area contributed by atoms with Crippen molar-refractivity contribution in [2.24, 2.45) is 0 Å². The molecule has 0 fully saturated rings. The average Bonchev–Trinajstić information content (AvgIpc) is 2.27. The van der Waals surface area contributed by atoms with Crippen molar-refractivity contribution in [3.8, 4) is 0 Å². The highest BCUT2D eigenvalue weighted by Gasteiger charge is 2.07. The molecule has 0 saturated carbocycles. The summed E-state index contributed by atoms with van der Waals surface area (Å²) in [6.07, 6.45) is 1.78. The third-order valence-corrected chi connectivity index (χ3v) is 3.93. The molecule has 0 heterocycles. The molecule has 0 aliphatic carbocycles. The lowest BCUT2D eigenvalue weighted by Crippen LogP contribution is -1.93. The van der Waals surface area contributed by atoms with E-state index in [2.05, 4.69) is 6.58 Å². The molecule has 0 radical (unpaired) electrons. The van der Waals surface area contributed by atoms with Gasteiger partial charge in [-0.2, -0.15) is 0 Å². The second-order valence-electron chi connectivity index (χ2n) is 3.08. The first kappa shape index (κ1) is 12.4. The minimum atomic E-state index is 0.159. The van der Waals surface area contributed by atoms with E-state index < -0.39 is 0 Å². The van der Waals surface area contributed by atoms with E-state index in [1.54, 1.807) is 6.08 Å². The molecule has 0 aromatic heterocycles. The molecule has 1 aromatic rings. The van der Waals surface area contributed by atoms with Gasteiger partial charge in [0, 0.05) is 11.0 Å². The Balaban J connectivity index is 2.31. The van der Waals surface area contributed by atoms with Crippen LogP contribution in [0.25, 0.3) is 0 Å². The zero-order valence-electron chi connectivity index (χ0n) is 8.68. The van der Waals surface area contributed by atoms with Crippen molar-refractivity contribution in [2.75, 3.05) is 0 Å². The zero-order valence-corrected chi connectivity index (χ0v) is 10.3. The van der Waals surface area contributed by atoms with Crippen molar-refractivity contribution in [3.05, 3.63) is 48.6 Å². The lowest BCUT2D eigenvalue weighted by Gasteiger charge is -2.03. The van der Waals surface area contributed by atoms with Crippen LogP contribution in [0.4, 0.5) is 4.79 Å². The summed E-state index contributed by atoms with van der Waals surface area (Å²) in [5, 5.41) is 0.195. The quantitative estimate of drug-likeness (QED) is 0.726. The number of thioether (sulfide) groups is 2.